The first kappa shape index (κ1) is 86.6. The minimum Gasteiger partial charge on any atom is -0.461 e. The molecule has 1 aromatic rings. The van der Waals surface area contributed by atoms with E-state index in [2.05, 4.69) is 43.1 Å². The third kappa shape index (κ3) is 45.9. The number of esters is 1. The predicted molar refractivity (Wildman–Crippen MR) is 462 cm³/mol. The van der Waals surface area contributed by atoms with Crippen molar-refractivity contribution in [3.05, 3.63) is 35.9 Å². The molecule has 0 heterocycles. The zero-order valence-electron chi connectivity index (χ0n) is 43.5. The molecule has 0 amide bonds. The fourth-order valence-corrected chi connectivity index (χ4v) is 83.8. The molecular formula is C39H60O4S39. The first-order valence-electron chi connectivity index (χ1n) is 24.1. The Kier molecular flexibility index (Phi) is 67.2. The van der Waals surface area contributed by atoms with Crippen LogP contribution >= 0.6 is 0 Å². The number of rotatable bonds is 15. The highest BCUT2D eigenvalue weighted by molar-refractivity contribution is 8.78. The van der Waals surface area contributed by atoms with Crippen molar-refractivity contribution in [3.63, 3.8) is 0 Å². The summed E-state index contributed by atoms with van der Waals surface area (Å²) in [6, 6.07) is 9.90. The Morgan fingerprint density at radius 2 is 0.793 bits per heavy atom. The molecule has 4 nitrogen and oxygen atoms in total. The van der Waals surface area contributed by atoms with Crippen LogP contribution in [0, 0.1) is 40.9 Å². The fourth-order valence-electron chi connectivity index (χ4n) is 9.74. The molecule has 6 atom stereocenters. The molecule has 3 aliphatic rings. The Balaban J connectivity index is 0.000000698. The summed E-state index contributed by atoms with van der Waals surface area (Å²) in [4.78, 5) is 40.9. The van der Waals surface area contributed by atoms with Crippen molar-refractivity contribution in [2.75, 3.05) is 0 Å². The van der Waals surface area contributed by atoms with E-state index < -0.39 is 0 Å². The highest BCUT2D eigenvalue weighted by Gasteiger charge is 2.41. The van der Waals surface area contributed by atoms with Crippen molar-refractivity contribution in [3.8, 4) is 0 Å². The summed E-state index contributed by atoms with van der Waals surface area (Å²) in [6.07, 6.45) is 19.9. The number of hydrogen-bond donors (Lipinski definition) is 0. The smallest absolute Gasteiger partial charge is 0.309 e. The molecular weight excluding hydrogens is 1780 g/mol. The molecule has 3 saturated carbocycles. The van der Waals surface area contributed by atoms with Gasteiger partial charge in [-0.3, -0.25) is 14.4 Å². The standard InChI is InChI=1S/C39H60O4.S14.S13.S12/c1-4-33(35-21-13-11-19-30(35)25-32(40)27-39(6-3)23-15-8-16-24-39)37(41)26-31-20-12-14-22-36(31)34(5-2)38(42)43-28-29-17-9-7-10-18-29;1-3-5-7-9-11-13-14-12-10-8-6-4-2;1-3-5-7-9-11-13-12-10-8-6-4-2;1-3-5-7-9-11-12-10-8-6-4-2/h7,9-10,17-18,30-31,33-36H,4-6,8,11-16,19-28H2,1-3H3;;;/t30-,31-,33+,34+,35-,36-;;;/m1.../s1. The molecule has 0 radical (unpaired) electrons. The maximum atomic E-state index is 14.1. The molecule has 0 bridgehead atoms. The molecule has 0 aliphatic heterocycles. The van der Waals surface area contributed by atoms with Gasteiger partial charge in [-0.2, -0.15) is 0 Å². The van der Waals surface area contributed by atoms with E-state index in [1.807, 2.05) is 30.3 Å². The van der Waals surface area contributed by atoms with Gasteiger partial charge in [0.15, 0.2) is 0 Å². The van der Waals surface area contributed by atoms with Crippen LogP contribution in [-0.2, 0) is 386 Å². The van der Waals surface area contributed by atoms with Crippen LogP contribution in [0.2, 0.25) is 0 Å². The van der Waals surface area contributed by atoms with E-state index in [0.717, 1.165) is 69.8 Å². The number of Topliss-reactive ketones (excluding diaryl/α,β-unsaturated/α-hetero) is 2. The van der Waals surface area contributed by atoms with Crippen LogP contribution in [-0.4, -0.2) is 17.5 Å². The number of carbonyl (C=O) groups excluding carboxylic acids is 3. The van der Waals surface area contributed by atoms with E-state index in [0.29, 0.717) is 42.9 Å². The van der Waals surface area contributed by atoms with Gasteiger partial charge in [-0.1, -0.05) is 102 Å². The minimum absolute atomic E-state index is 0.0422. The number of benzene rings is 1. The molecule has 3 fully saturated rings. The first-order chi connectivity index (χ1) is 40.1. The van der Waals surface area contributed by atoms with Crippen molar-refractivity contribution >= 4 is 378 Å². The monoisotopic (exact) mass is 1840 g/mol. The Morgan fingerprint density at radius 1 is 0.451 bits per heavy atom. The minimum atomic E-state index is -0.146. The lowest BCUT2D eigenvalue weighted by Gasteiger charge is -2.40. The number of ether oxygens (including phenoxy) is 1. The van der Waals surface area contributed by atoms with Crippen LogP contribution in [0.15, 0.2) is 30.3 Å². The van der Waals surface area contributed by atoms with Crippen LogP contribution in [0.3, 0.4) is 0 Å². The number of carbonyl (C=O) groups is 3. The third-order valence-corrected chi connectivity index (χ3v) is 79.5. The van der Waals surface area contributed by atoms with Crippen LogP contribution in [0.4, 0.5) is 0 Å². The van der Waals surface area contributed by atoms with Gasteiger partial charge in [0.05, 0.1) is 5.92 Å². The van der Waals surface area contributed by atoms with Gasteiger partial charge in [-0.05, 0) is 86.0 Å². The Hall–Kier alpha value is 6.61. The second kappa shape index (κ2) is 63.7. The summed E-state index contributed by atoms with van der Waals surface area (Å²) in [5, 5.41) is 0. The van der Waals surface area contributed by atoms with E-state index in [9.17, 15) is 14.4 Å². The maximum absolute atomic E-state index is 14.1. The van der Waals surface area contributed by atoms with Gasteiger partial charge in [0.2, 0.25) is 0 Å². The normalized spacial score (nSPS) is 17.6. The molecule has 43 heteroatoms. The predicted octanol–water partition coefficient (Wildman–Crippen LogP) is 9.97. The second-order valence-corrected chi connectivity index (χ2v) is 75.2. The van der Waals surface area contributed by atoms with Gasteiger partial charge in [0.1, 0.15) is 18.2 Å². The Labute approximate surface area is 610 Å². The SMILES string of the molecule is CC[C@H](C(=O)C[C@H]1CCCC[C@H]1[C@H](CC)C(=O)OCc1ccccc1)[C@@H]1CCCC[C@@H]1CC(=O)CC1(CC)CCCCC1.S=S=S=S=S=S=S=S=S=S=S=S.S=S=S=S=S=S=S=S=S=S=S=S=S.S=S=S=S=S=S=S=S=S=S=S=S=S=S. The number of ketones is 2. The average Bonchev–Trinajstić information content (AvgIpc) is 3.70. The molecule has 1 aromatic carbocycles. The van der Waals surface area contributed by atoms with Crippen molar-refractivity contribution in [2.45, 2.75) is 149 Å². The lowest BCUT2D eigenvalue weighted by molar-refractivity contribution is -0.154. The Bertz CT molecular complexity index is 3600. The van der Waals surface area contributed by atoms with Gasteiger partial charge in [-0.15, -0.1) is 0 Å². The summed E-state index contributed by atoms with van der Waals surface area (Å²) in [7, 11) is 54.3. The van der Waals surface area contributed by atoms with Crippen molar-refractivity contribution in [2.24, 2.45) is 40.9 Å². The fraction of sp³-hybridized carbons (Fsp3) is 0.769. The van der Waals surface area contributed by atoms with Gasteiger partial charge in [-0.25, -0.2) is 0 Å². The van der Waals surface area contributed by atoms with E-state index in [4.69, 9.17) is 49.5 Å². The van der Waals surface area contributed by atoms with Crippen LogP contribution in [0.25, 0.3) is 0 Å². The summed E-state index contributed by atoms with van der Waals surface area (Å²) in [6.45, 7) is 6.86. The van der Waals surface area contributed by atoms with Gasteiger partial charge in [0, 0.05) is 385 Å². The van der Waals surface area contributed by atoms with Gasteiger partial charge in [0.25, 0.3) is 0 Å². The average molecular weight is 1840 g/mol. The summed E-state index contributed by atoms with van der Waals surface area (Å²) in [5.41, 5.74) is 1.24. The molecule has 0 aromatic heterocycles. The second-order valence-electron chi connectivity index (χ2n) is 16.8. The van der Waals surface area contributed by atoms with E-state index in [1.54, 1.807) is 240 Å². The van der Waals surface area contributed by atoms with E-state index >= 15 is 0 Å². The lowest BCUT2D eigenvalue weighted by atomic mass is 9.64. The number of hydrogen-bond acceptors (Lipinski definition) is 10. The largest absolute Gasteiger partial charge is 0.461 e. The van der Waals surface area contributed by atoms with E-state index in [1.165, 1.54) is 98.2 Å². The first-order valence-corrected chi connectivity index (χ1v) is 72.1. The highest BCUT2D eigenvalue weighted by Crippen LogP contribution is 2.46. The third-order valence-electron chi connectivity index (χ3n) is 12.8. The van der Waals surface area contributed by atoms with E-state index in [-0.39, 0.29) is 35.1 Å². The quantitative estimate of drug-likeness (QED) is 0.159. The molecule has 0 saturated heterocycles. The zero-order chi connectivity index (χ0) is 60.0. The zero-order valence-corrected chi connectivity index (χ0v) is 75.4. The molecule has 474 valence electrons. The molecule has 3 aliphatic carbocycles. The van der Waals surface area contributed by atoms with Crippen LogP contribution in [0.1, 0.15) is 148 Å². The highest BCUT2D eigenvalue weighted by atomic mass is 33.5. The van der Waals surface area contributed by atoms with Crippen molar-refractivity contribution < 1.29 is 19.1 Å². The molecule has 0 N–H and O–H groups in total. The van der Waals surface area contributed by atoms with Gasteiger partial charge >= 0.3 is 5.97 Å². The van der Waals surface area contributed by atoms with Crippen molar-refractivity contribution in [1.29, 1.82) is 0 Å². The molecule has 82 heavy (non-hydrogen) atoms. The topological polar surface area (TPSA) is 60.4 Å². The van der Waals surface area contributed by atoms with Gasteiger partial charge < -0.3 is 4.74 Å². The Morgan fingerprint density at radius 3 is 1.15 bits per heavy atom. The summed E-state index contributed by atoms with van der Waals surface area (Å²) >= 11 is 28.2. The summed E-state index contributed by atoms with van der Waals surface area (Å²) < 4.78 is 5.82. The lowest BCUT2D eigenvalue weighted by Crippen LogP contribution is -2.37. The van der Waals surface area contributed by atoms with Crippen LogP contribution in [0.5, 0.6) is 0 Å². The van der Waals surface area contributed by atoms with Crippen molar-refractivity contribution in [1.82, 2.24) is 0 Å². The maximum Gasteiger partial charge on any atom is 0.309 e. The van der Waals surface area contributed by atoms with Crippen LogP contribution < -0.4 is 0 Å². The molecule has 0 unspecified atom stereocenters. The molecule has 0 spiro atoms. The molecule has 4 rings (SSSR count). The summed E-state index contributed by atoms with van der Waals surface area (Å²) in [5.74, 6) is 1.80.